The minimum atomic E-state index is -0.402. The Morgan fingerprint density at radius 2 is 2.00 bits per heavy atom. The minimum absolute atomic E-state index is 0.134. The number of pyridine rings is 1. The van der Waals surface area contributed by atoms with Crippen LogP contribution in [0.2, 0.25) is 0 Å². The van der Waals surface area contributed by atoms with Gasteiger partial charge in [0, 0.05) is 18.3 Å². The summed E-state index contributed by atoms with van der Waals surface area (Å²) in [5.74, 6) is 0. The van der Waals surface area contributed by atoms with E-state index >= 15 is 0 Å². The van der Waals surface area contributed by atoms with Crippen LogP contribution in [-0.4, -0.2) is 28.1 Å². The van der Waals surface area contributed by atoms with Crippen LogP contribution in [0.1, 0.15) is 28.6 Å². The lowest BCUT2D eigenvalue weighted by atomic mass is 10.1. The number of aryl methyl sites for hydroxylation is 1. The van der Waals surface area contributed by atoms with Gasteiger partial charge in [0.05, 0.1) is 11.8 Å². The molecule has 0 radical (unpaired) electrons. The molecule has 104 valence electrons. The standard InChI is InChI=1S/C17H20N2O/c1-12-6-5-8-14(18-12)11-19(2)16-10-13-7-3-4-9-15(13)17(16)20/h3-9,16-17,20H,10-11H2,1-2H3. The molecule has 0 saturated heterocycles. The van der Waals surface area contributed by atoms with Crippen molar-refractivity contribution in [2.45, 2.75) is 32.0 Å². The van der Waals surface area contributed by atoms with Crippen LogP contribution in [-0.2, 0) is 13.0 Å². The number of hydrogen-bond acceptors (Lipinski definition) is 3. The van der Waals surface area contributed by atoms with Gasteiger partial charge in [-0.25, -0.2) is 0 Å². The fourth-order valence-electron chi connectivity index (χ4n) is 3.01. The molecular weight excluding hydrogens is 248 g/mol. The van der Waals surface area contributed by atoms with Gasteiger partial charge in [-0.05, 0) is 43.7 Å². The van der Waals surface area contributed by atoms with Gasteiger partial charge in [-0.15, -0.1) is 0 Å². The van der Waals surface area contributed by atoms with Crippen molar-refractivity contribution in [3.63, 3.8) is 0 Å². The van der Waals surface area contributed by atoms with Gasteiger partial charge in [-0.3, -0.25) is 9.88 Å². The summed E-state index contributed by atoms with van der Waals surface area (Å²) < 4.78 is 0. The Hall–Kier alpha value is -1.71. The summed E-state index contributed by atoms with van der Waals surface area (Å²) in [6.07, 6.45) is 0.501. The van der Waals surface area contributed by atoms with Gasteiger partial charge in [0.15, 0.2) is 0 Å². The SMILES string of the molecule is Cc1cccc(CN(C)C2Cc3ccccc3C2O)n1. The molecule has 0 fully saturated rings. The van der Waals surface area contributed by atoms with E-state index in [1.807, 2.05) is 43.3 Å². The van der Waals surface area contributed by atoms with E-state index in [4.69, 9.17) is 0 Å². The molecule has 2 aromatic rings. The van der Waals surface area contributed by atoms with E-state index in [1.165, 1.54) is 5.56 Å². The van der Waals surface area contributed by atoms with Gasteiger partial charge in [-0.2, -0.15) is 0 Å². The van der Waals surface area contributed by atoms with Gasteiger partial charge < -0.3 is 5.11 Å². The number of likely N-dealkylation sites (N-methyl/N-ethyl adjacent to an activating group) is 1. The Balaban J connectivity index is 1.75. The van der Waals surface area contributed by atoms with Crippen molar-refractivity contribution in [2.75, 3.05) is 7.05 Å². The van der Waals surface area contributed by atoms with E-state index in [1.54, 1.807) is 0 Å². The first-order valence-electron chi connectivity index (χ1n) is 7.04. The van der Waals surface area contributed by atoms with E-state index in [9.17, 15) is 5.11 Å². The summed E-state index contributed by atoms with van der Waals surface area (Å²) in [5.41, 5.74) is 4.41. The molecule has 1 aliphatic rings. The highest BCUT2D eigenvalue weighted by Crippen LogP contribution is 2.34. The van der Waals surface area contributed by atoms with Crippen molar-refractivity contribution in [3.05, 3.63) is 65.0 Å². The smallest absolute Gasteiger partial charge is 0.0951 e. The highest BCUT2D eigenvalue weighted by Gasteiger charge is 2.33. The number of aliphatic hydroxyl groups excluding tert-OH is 1. The molecule has 0 aliphatic heterocycles. The highest BCUT2D eigenvalue weighted by molar-refractivity contribution is 5.35. The zero-order valence-corrected chi connectivity index (χ0v) is 12.0. The van der Waals surface area contributed by atoms with E-state index in [0.29, 0.717) is 0 Å². The Morgan fingerprint density at radius 1 is 1.20 bits per heavy atom. The van der Waals surface area contributed by atoms with Gasteiger partial charge in [0.1, 0.15) is 0 Å². The van der Waals surface area contributed by atoms with Crippen molar-refractivity contribution in [1.82, 2.24) is 9.88 Å². The Kier molecular flexibility index (Phi) is 3.55. The molecule has 3 heteroatoms. The average Bonchev–Trinajstić information content (AvgIpc) is 2.77. The van der Waals surface area contributed by atoms with Crippen LogP contribution in [0.25, 0.3) is 0 Å². The van der Waals surface area contributed by atoms with Crippen LogP contribution < -0.4 is 0 Å². The fourth-order valence-corrected chi connectivity index (χ4v) is 3.01. The van der Waals surface area contributed by atoms with Crippen LogP contribution in [0, 0.1) is 6.92 Å². The number of hydrogen-bond donors (Lipinski definition) is 1. The first kappa shape index (κ1) is 13.3. The minimum Gasteiger partial charge on any atom is -0.387 e. The zero-order valence-electron chi connectivity index (χ0n) is 12.0. The third kappa shape index (κ3) is 2.47. The van der Waals surface area contributed by atoms with Gasteiger partial charge in [0.2, 0.25) is 0 Å². The van der Waals surface area contributed by atoms with Crippen LogP contribution in [0.3, 0.4) is 0 Å². The molecule has 2 atom stereocenters. The Morgan fingerprint density at radius 3 is 2.75 bits per heavy atom. The topological polar surface area (TPSA) is 36.4 Å². The van der Waals surface area contributed by atoms with Gasteiger partial charge in [-0.1, -0.05) is 30.3 Å². The van der Waals surface area contributed by atoms with Crippen LogP contribution in [0.15, 0.2) is 42.5 Å². The lowest BCUT2D eigenvalue weighted by Crippen LogP contribution is -2.34. The number of fused-ring (bicyclic) bond motifs is 1. The molecular formula is C17H20N2O. The largest absolute Gasteiger partial charge is 0.387 e. The molecule has 20 heavy (non-hydrogen) atoms. The van der Waals surface area contributed by atoms with Crippen molar-refractivity contribution in [3.8, 4) is 0 Å². The normalized spacial score (nSPS) is 21.2. The summed E-state index contributed by atoms with van der Waals surface area (Å²) in [6, 6.07) is 14.4. The second kappa shape index (κ2) is 5.35. The summed E-state index contributed by atoms with van der Waals surface area (Å²) in [4.78, 5) is 6.74. The maximum Gasteiger partial charge on any atom is 0.0951 e. The average molecular weight is 268 g/mol. The van der Waals surface area contributed by atoms with E-state index < -0.39 is 6.10 Å². The summed E-state index contributed by atoms with van der Waals surface area (Å²) in [7, 11) is 2.06. The number of aromatic nitrogens is 1. The maximum atomic E-state index is 10.5. The van der Waals surface area contributed by atoms with Crippen molar-refractivity contribution in [1.29, 1.82) is 0 Å². The lowest BCUT2D eigenvalue weighted by Gasteiger charge is -2.27. The summed E-state index contributed by atoms with van der Waals surface area (Å²) >= 11 is 0. The first-order chi connectivity index (χ1) is 9.65. The monoisotopic (exact) mass is 268 g/mol. The molecule has 1 heterocycles. The first-order valence-corrected chi connectivity index (χ1v) is 7.04. The van der Waals surface area contributed by atoms with Crippen LogP contribution in [0.4, 0.5) is 0 Å². The molecule has 3 rings (SSSR count). The Bertz CT molecular complexity index is 611. The van der Waals surface area contributed by atoms with Crippen LogP contribution >= 0.6 is 0 Å². The van der Waals surface area contributed by atoms with Crippen molar-refractivity contribution >= 4 is 0 Å². The van der Waals surface area contributed by atoms with E-state index in [0.717, 1.165) is 29.9 Å². The molecule has 0 amide bonds. The fraction of sp³-hybridized carbons (Fsp3) is 0.353. The summed E-state index contributed by atoms with van der Waals surface area (Å²) in [5, 5.41) is 10.5. The molecule has 1 aliphatic carbocycles. The molecule has 0 bridgehead atoms. The summed E-state index contributed by atoms with van der Waals surface area (Å²) in [6.45, 7) is 2.77. The lowest BCUT2D eigenvalue weighted by molar-refractivity contribution is 0.0715. The quantitative estimate of drug-likeness (QED) is 0.929. The van der Waals surface area contributed by atoms with Crippen molar-refractivity contribution in [2.24, 2.45) is 0 Å². The molecule has 1 aromatic carbocycles. The molecule has 0 saturated carbocycles. The van der Waals surface area contributed by atoms with Gasteiger partial charge in [0.25, 0.3) is 0 Å². The second-order valence-corrected chi connectivity index (χ2v) is 5.60. The maximum absolute atomic E-state index is 10.5. The van der Waals surface area contributed by atoms with E-state index in [-0.39, 0.29) is 6.04 Å². The molecule has 0 spiro atoms. The third-order valence-corrected chi connectivity index (χ3v) is 4.09. The second-order valence-electron chi connectivity index (χ2n) is 5.60. The van der Waals surface area contributed by atoms with Gasteiger partial charge >= 0.3 is 0 Å². The predicted octanol–water partition coefficient (Wildman–Crippen LogP) is 2.48. The predicted molar refractivity (Wildman–Crippen MR) is 79.3 cm³/mol. The van der Waals surface area contributed by atoms with Crippen LogP contribution in [0.5, 0.6) is 0 Å². The number of benzene rings is 1. The molecule has 1 aromatic heterocycles. The number of nitrogens with zero attached hydrogens (tertiary/aromatic N) is 2. The molecule has 3 nitrogen and oxygen atoms in total. The number of aliphatic hydroxyl groups is 1. The molecule has 1 N–H and O–H groups in total. The number of rotatable bonds is 3. The van der Waals surface area contributed by atoms with Crippen molar-refractivity contribution < 1.29 is 5.11 Å². The Labute approximate surface area is 119 Å². The zero-order chi connectivity index (χ0) is 14.1. The highest BCUT2D eigenvalue weighted by atomic mass is 16.3. The molecule has 2 unspecified atom stereocenters. The van der Waals surface area contributed by atoms with E-state index in [2.05, 4.69) is 23.0 Å². The third-order valence-electron chi connectivity index (χ3n) is 4.09.